The first kappa shape index (κ1) is 16.1. The number of hydrogen-bond donors (Lipinski definition) is 1. The smallest absolute Gasteiger partial charge is 0.129 e. The molecule has 112 valence electrons. The van der Waals surface area contributed by atoms with Gasteiger partial charge >= 0.3 is 0 Å². The van der Waals surface area contributed by atoms with Gasteiger partial charge in [-0.15, -0.1) is 0 Å². The Labute approximate surface area is 132 Å². The van der Waals surface area contributed by atoms with Crippen molar-refractivity contribution in [1.82, 2.24) is 5.32 Å². The van der Waals surface area contributed by atoms with E-state index in [1.54, 1.807) is 32.0 Å². The topological polar surface area (TPSA) is 12.0 Å². The highest BCUT2D eigenvalue weighted by Crippen LogP contribution is 2.28. The molecule has 0 heterocycles. The minimum absolute atomic E-state index is 0.203. The normalized spacial score (nSPS) is 12.5. The zero-order valence-electron chi connectivity index (χ0n) is 12.3. The summed E-state index contributed by atoms with van der Waals surface area (Å²) >= 11 is 3.26. The van der Waals surface area contributed by atoms with Crippen LogP contribution in [-0.2, 0) is 0 Å². The molecule has 1 atom stereocenters. The first-order valence-electron chi connectivity index (χ1n) is 6.89. The largest absolute Gasteiger partial charge is 0.306 e. The summed E-state index contributed by atoms with van der Waals surface area (Å²) in [7, 11) is 0. The Morgan fingerprint density at radius 1 is 1.10 bits per heavy atom. The number of aryl methyl sites for hydroxylation is 2. The van der Waals surface area contributed by atoms with Crippen molar-refractivity contribution in [2.24, 2.45) is 0 Å². The molecule has 2 rings (SSSR count). The highest BCUT2D eigenvalue weighted by atomic mass is 79.9. The first-order chi connectivity index (χ1) is 9.93. The molecule has 0 saturated heterocycles. The average Bonchev–Trinajstić information content (AvgIpc) is 2.42. The highest BCUT2D eigenvalue weighted by Gasteiger charge is 2.19. The molecule has 2 aromatic carbocycles. The highest BCUT2D eigenvalue weighted by molar-refractivity contribution is 9.10. The van der Waals surface area contributed by atoms with Crippen LogP contribution in [0, 0.1) is 25.5 Å². The second-order valence-corrected chi connectivity index (χ2v) is 6.04. The fourth-order valence-corrected chi connectivity index (χ4v) is 2.83. The first-order valence-corrected chi connectivity index (χ1v) is 7.68. The van der Waals surface area contributed by atoms with E-state index in [2.05, 4.69) is 21.2 Å². The quantitative estimate of drug-likeness (QED) is 0.811. The van der Waals surface area contributed by atoms with Crippen LogP contribution in [0.4, 0.5) is 8.78 Å². The molecule has 0 aliphatic carbocycles. The van der Waals surface area contributed by atoms with Gasteiger partial charge in [0.1, 0.15) is 11.6 Å². The number of nitrogens with one attached hydrogen (secondary N) is 1. The van der Waals surface area contributed by atoms with Gasteiger partial charge in [0.25, 0.3) is 0 Å². The van der Waals surface area contributed by atoms with Gasteiger partial charge in [0.2, 0.25) is 0 Å². The van der Waals surface area contributed by atoms with Crippen LogP contribution in [0.15, 0.2) is 34.8 Å². The van der Waals surface area contributed by atoms with Gasteiger partial charge in [-0.3, -0.25) is 0 Å². The van der Waals surface area contributed by atoms with E-state index in [1.165, 1.54) is 6.07 Å². The summed E-state index contributed by atoms with van der Waals surface area (Å²) in [6.45, 7) is 6.11. The summed E-state index contributed by atoms with van der Waals surface area (Å²) in [5.74, 6) is -0.486. The molecule has 0 radical (unpaired) electrons. The minimum atomic E-state index is -0.291. The summed E-state index contributed by atoms with van der Waals surface area (Å²) in [6, 6.07) is 8.27. The van der Waals surface area contributed by atoms with Gasteiger partial charge in [-0.2, -0.15) is 0 Å². The van der Waals surface area contributed by atoms with Crippen LogP contribution < -0.4 is 5.32 Å². The van der Waals surface area contributed by atoms with Gasteiger partial charge in [0, 0.05) is 10.0 Å². The van der Waals surface area contributed by atoms with Crippen LogP contribution in [-0.4, -0.2) is 6.54 Å². The fraction of sp³-hybridized carbons (Fsp3) is 0.294. The van der Waals surface area contributed by atoms with Crippen molar-refractivity contribution >= 4 is 15.9 Å². The molecule has 0 aromatic heterocycles. The average molecular weight is 354 g/mol. The van der Waals surface area contributed by atoms with Crippen LogP contribution in [0.1, 0.15) is 35.2 Å². The summed E-state index contributed by atoms with van der Waals surface area (Å²) < 4.78 is 28.7. The molecule has 0 aliphatic rings. The fourth-order valence-electron chi connectivity index (χ4n) is 2.49. The molecule has 1 nitrogen and oxygen atoms in total. The van der Waals surface area contributed by atoms with Gasteiger partial charge in [-0.1, -0.05) is 41.1 Å². The maximum Gasteiger partial charge on any atom is 0.129 e. The Kier molecular flexibility index (Phi) is 5.12. The second-order valence-electron chi connectivity index (χ2n) is 5.13. The third kappa shape index (κ3) is 3.50. The van der Waals surface area contributed by atoms with E-state index in [-0.39, 0.29) is 17.7 Å². The van der Waals surface area contributed by atoms with E-state index in [4.69, 9.17) is 0 Å². The van der Waals surface area contributed by atoms with Crippen molar-refractivity contribution in [3.05, 3.63) is 68.7 Å². The predicted molar refractivity (Wildman–Crippen MR) is 85.5 cm³/mol. The monoisotopic (exact) mass is 353 g/mol. The minimum Gasteiger partial charge on any atom is -0.306 e. The Bertz CT molecular complexity index is 632. The molecule has 0 saturated carbocycles. The lowest BCUT2D eigenvalue weighted by Gasteiger charge is -2.21. The molecule has 0 amide bonds. The molecule has 0 bridgehead atoms. The van der Waals surface area contributed by atoms with Crippen molar-refractivity contribution in [2.45, 2.75) is 26.8 Å². The Hall–Kier alpha value is -1.26. The van der Waals surface area contributed by atoms with Gasteiger partial charge < -0.3 is 5.32 Å². The van der Waals surface area contributed by atoms with Crippen LogP contribution in [0.2, 0.25) is 0 Å². The number of rotatable bonds is 4. The lowest BCUT2D eigenvalue weighted by Crippen LogP contribution is -2.23. The Morgan fingerprint density at radius 3 is 2.24 bits per heavy atom. The summed E-state index contributed by atoms with van der Waals surface area (Å²) in [5, 5.41) is 3.27. The maximum absolute atomic E-state index is 14.2. The van der Waals surface area contributed by atoms with Gasteiger partial charge in [-0.25, -0.2) is 8.78 Å². The molecule has 1 unspecified atom stereocenters. The van der Waals surface area contributed by atoms with Crippen molar-refractivity contribution in [1.29, 1.82) is 0 Å². The second kappa shape index (κ2) is 6.67. The van der Waals surface area contributed by atoms with E-state index in [0.717, 1.165) is 5.56 Å². The van der Waals surface area contributed by atoms with Crippen LogP contribution in [0.25, 0.3) is 0 Å². The summed E-state index contributed by atoms with van der Waals surface area (Å²) in [5.41, 5.74) is 2.58. The van der Waals surface area contributed by atoms with E-state index in [9.17, 15) is 8.78 Å². The lowest BCUT2D eigenvalue weighted by atomic mass is 9.95. The van der Waals surface area contributed by atoms with E-state index in [1.807, 2.05) is 13.0 Å². The zero-order chi connectivity index (χ0) is 15.6. The molecule has 2 aromatic rings. The number of halogens is 3. The van der Waals surface area contributed by atoms with Gasteiger partial charge in [0.05, 0.1) is 6.04 Å². The standard InChI is InChI=1S/C17H18BrF2N/c1-4-21-17(14-6-5-13(18)9-15(14)19)12-7-10(2)16(20)11(3)8-12/h5-9,17,21H,4H2,1-3H3. The van der Waals surface area contributed by atoms with E-state index in [0.29, 0.717) is 27.7 Å². The van der Waals surface area contributed by atoms with Crippen molar-refractivity contribution in [3.63, 3.8) is 0 Å². The lowest BCUT2D eigenvalue weighted by molar-refractivity contribution is 0.555. The molecule has 0 aliphatic heterocycles. The molecular weight excluding hydrogens is 336 g/mol. The van der Waals surface area contributed by atoms with Crippen molar-refractivity contribution < 1.29 is 8.78 Å². The molecule has 1 N–H and O–H groups in total. The number of hydrogen-bond acceptors (Lipinski definition) is 1. The van der Waals surface area contributed by atoms with Crippen molar-refractivity contribution in [3.8, 4) is 0 Å². The summed E-state index contributed by atoms with van der Waals surface area (Å²) in [4.78, 5) is 0. The van der Waals surface area contributed by atoms with Gasteiger partial charge in [-0.05, 0) is 49.2 Å². The van der Waals surface area contributed by atoms with Crippen molar-refractivity contribution in [2.75, 3.05) is 6.54 Å². The van der Waals surface area contributed by atoms with Crippen LogP contribution in [0.3, 0.4) is 0 Å². The Balaban J connectivity index is 2.53. The molecular formula is C17H18BrF2N. The molecule has 0 spiro atoms. The van der Waals surface area contributed by atoms with E-state index >= 15 is 0 Å². The number of benzene rings is 2. The molecule has 4 heteroatoms. The van der Waals surface area contributed by atoms with Crippen LogP contribution >= 0.6 is 15.9 Å². The zero-order valence-corrected chi connectivity index (χ0v) is 13.9. The third-order valence-electron chi connectivity index (χ3n) is 3.47. The van der Waals surface area contributed by atoms with Crippen LogP contribution in [0.5, 0.6) is 0 Å². The molecule has 21 heavy (non-hydrogen) atoms. The summed E-state index contributed by atoms with van der Waals surface area (Å²) in [6.07, 6.45) is 0. The molecule has 0 fully saturated rings. The third-order valence-corrected chi connectivity index (χ3v) is 3.97. The predicted octanol–water partition coefficient (Wildman–Crippen LogP) is 5.04. The maximum atomic E-state index is 14.2. The van der Waals surface area contributed by atoms with E-state index < -0.39 is 0 Å². The SMILES string of the molecule is CCNC(c1cc(C)c(F)c(C)c1)c1ccc(Br)cc1F. The Morgan fingerprint density at radius 2 is 1.71 bits per heavy atom. The van der Waals surface area contributed by atoms with Gasteiger partial charge in [0.15, 0.2) is 0 Å².